The molecule has 3 N–H and O–H groups in total. The van der Waals surface area contributed by atoms with E-state index < -0.39 is 36.6 Å². The van der Waals surface area contributed by atoms with Gasteiger partial charge < -0.3 is 30.0 Å². The largest absolute Gasteiger partial charge is 0.547 e. The van der Waals surface area contributed by atoms with Crippen molar-refractivity contribution >= 4 is 5.97 Å². The van der Waals surface area contributed by atoms with Crippen molar-refractivity contribution in [1.29, 1.82) is 0 Å². The lowest BCUT2D eigenvalue weighted by Gasteiger charge is -2.38. The van der Waals surface area contributed by atoms with Crippen molar-refractivity contribution in [3.63, 3.8) is 0 Å². The average molecular weight is 365 g/mol. The van der Waals surface area contributed by atoms with Crippen LogP contribution in [-0.2, 0) is 9.53 Å². The van der Waals surface area contributed by atoms with Gasteiger partial charge in [-0.3, -0.25) is 0 Å². The number of aliphatic hydroxyl groups is 3. The lowest BCUT2D eigenvalue weighted by Crippen LogP contribution is -2.65. The summed E-state index contributed by atoms with van der Waals surface area (Å²) in [5.41, 5.74) is 0.692. The van der Waals surface area contributed by atoms with E-state index in [1.54, 1.807) is 18.3 Å². The van der Waals surface area contributed by atoms with Crippen LogP contribution in [0.1, 0.15) is 24.3 Å². The maximum absolute atomic E-state index is 11.1. The molecule has 2 aliphatic rings. The van der Waals surface area contributed by atoms with E-state index in [0.29, 0.717) is 18.5 Å². The molecule has 0 amide bonds. The molecule has 0 spiro atoms. The molecule has 1 fully saturated rings. The van der Waals surface area contributed by atoms with Crippen LogP contribution in [0.5, 0.6) is 0 Å². The highest BCUT2D eigenvalue weighted by Crippen LogP contribution is 2.28. The second kappa shape index (κ2) is 7.46. The highest BCUT2D eigenvalue weighted by Gasteiger charge is 2.48. The molecular formula is C16H19N3O7. The van der Waals surface area contributed by atoms with Gasteiger partial charge >= 0.3 is 0 Å². The van der Waals surface area contributed by atoms with Gasteiger partial charge in [-0.2, -0.15) is 4.57 Å². The summed E-state index contributed by atoms with van der Waals surface area (Å²) in [4.78, 5) is 22.1. The Labute approximate surface area is 148 Å². The summed E-state index contributed by atoms with van der Waals surface area (Å²) in [5.74, 6) is -1.70. The summed E-state index contributed by atoms with van der Waals surface area (Å²) in [5, 5.41) is 45.4. The molecule has 10 heteroatoms. The molecule has 0 saturated carbocycles. The summed E-state index contributed by atoms with van der Waals surface area (Å²) < 4.78 is 6.63. The van der Waals surface area contributed by atoms with Gasteiger partial charge in [0.25, 0.3) is 6.23 Å². The van der Waals surface area contributed by atoms with E-state index in [1.165, 1.54) is 15.8 Å². The van der Waals surface area contributed by atoms with Crippen molar-refractivity contribution in [3.05, 3.63) is 47.1 Å². The van der Waals surface area contributed by atoms with Crippen molar-refractivity contribution in [2.75, 3.05) is 6.54 Å². The summed E-state index contributed by atoms with van der Waals surface area (Å²) in [6.45, 7) is 0.364. The van der Waals surface area contributed by atoms with E-state index in [1.807, 2.05) is 12.2 Å². The molecule has 1 aromatic rings. The number of nitroso groups, excluding NO2 is 1. The molecule has 1 saturated heterocycles. The molecule has 0 aromatic carbocycles. The Hall–Kier alpha value is -2.40. The first-order chi connectivity index (χ1) is 12.4. The Kier molecular flexibility index (Phi) is 5.28. The van der Waals surface area contributed by atoms with Crippen LogP contribution < -0.4 is 9.67 Å². The molecule has 1 aromatic heterocycles. The molecule has 6 atom stereocenters. The Morgan fingerprint density at radius 2 is 2.04 bits per heavy atom. The summed E-state index contributed by atoms with van der Waals surface area (Å²) in [6, 6.07) is 3.08. The molecule has 26 heavy (non-hydrogen) atoms. The molecule has 3 heterocycles. The second-order valence-electron chi connectivity index (χ2n) is 6.25. The fraction of sp³-hybridized carbons (Fsp3) is 0.500. The third-order valence-electron chi connectivity index (χ3n) is 4.63. The normalized spacial score (nSPS) is 34.5. The number of carboxylic acids is 1. The zero-order valence-electron chi connectivity index (χ0n) is 13.7. The predicted octanol–water partition coefficient (Wildman–Crippen LogP) is -2.31. The summed E-state index contributed by atoms with van der Waals surface area (Å²) in [6.07, 6.45) is -0.759. The highest BCUT2D eigenvalue weighted by molar-refractivity contribution is 5.71. The quantitative estimate of drug-likeness (QED) is 0.306. The standard InChI is InChI=1S/C16H19N3O7/c20-11-12(21)14(16(23)24)26-15(13(11)22)18-6-3-4-9(8-18)10-5-1-2-7-19(10)17-25/h1-4,6,8,10-15,20-22H,5,7H2/t10?,11-,12-,13+,14-,15+/m0/s1. The van der Waals surface area contributed by atoms with Crippen LogP contribution in [0.3, 0.4) is 0 Å². The first-order valence-electron chi connectivity index (χ1n) is 8.10. The Bertz CT molecular complexity index is 713. The number of carboxylic acid groups (broad SMARTS) is 1. The van der Waals surface area contributed by atoms with Gasteiger partial charge in [-0.25, -0.2) is 5.01 Å². The number of aromatic nitrogens is 1. The maximum Gasteiger partial charge on any atom is 0.292 e. The maximum atomic E-state index is 11.1. The van der Waals surface area contributed by atoms with Gasteiger partial charge in [0.2, 0.25) is 0 Å². The van der Waals surface area contributed by atoms with Crippen molar-refractivity contribution in [1.82, 2.24) is 5.01 Å². The molecular weight excluding hydrogens is 346 g/mol. The highest BCUT2D eigenvalue weighted by atomic mass is 16.6. The van der Waals surface area contributed by atoms with Crippen LogP contribution in [0.2, 0.25) is 0 Å². The first kappa shape index (κ1) is 18.4. The molecule has 1 unspecified atom stereocenters. The molecule has 0 aliphatic carbocycles. The zero-order chi connectivity index (χ0) is 18.8. The van der Waals surface area contributed by atoms with Crippen molar-refractivity contribution < 1.29 is 34.5 Å². The van der Waals surface area contributed by atoms with Crippen LogP contribution >= 0.6 is 0 Å². The number of pyridine rings is 1. The number of hydrogen-bond donors (Lipinski definition) is 3. The van der Waals surface area contributed by atoms with E-state index in [9.17, 15) is 30.1 Å². The SMILES string of the molecule is O=NN1CC=CCC1c1ccc[n+]([C@@H]2O[C@H](C(=O)[O-])[C@@H](O)[C@H](O)[C@H]2O)c1. The predicted molar refractivity (Wildman–Crippen MR) is 82.6 cm³/mol. The number of hydrogen-bond acceptors (Lipinski definition) is 8. The number of nitrogens with zero attached hydrogens (tertiary/aromatic N) is 3. The van der Waals surface area contributed by atoms with Crippen LogP contribution in [-0.4, -0.2) is 57.3 Å². The van der Waals surface area contributed by atoms with E-state index in [4.69, 9.17) is 4.74 Å². The number of aliphatic hydroxyl groups excluding tert-OH is 3. The summed E-state index contributed by atoms with van der Waals surface area (Å²) >= 11 is 0. The van der Waals surface area contributed by atoms with Gasteiger partial charge in [-0.15, -0.1) is 4.91 Å². The number of rotatable bonds is 4. The van der Waals surface area contributed by atoms with Gasteiger partial charge in [0.1, 0.15) is 18.3 Å². The average Bonchev–Trinajstić information content (AvgIpc) is 2.66. The lowest BCUT2D eigenvalue weighted by molar-refractivity contribution is -0.777. The van der Waals surface area contributed by atoms with E-state index in [0.717, 1.165) is 0 Å². The Morgan fingerprint density at radius 3 is 2.73 bits per heavy atom. The molecule has 0 radical (unpaired) electrons. The van der Waals surface area contributed by atoms with Crippen LogP contribution in [0.25, 0.3) is 0 Å². The molecule has 2 aliphatic heterocycles. The minimum Gasteiger partial charge on any atom is -0.547 e. The van der Waals surface area contributed by atoms with E-state index in [2.05, 4.69) is 5.29 Å². The Balaban J connectivity index is 1.90. The minimum atomic E-state index is -1.81. The van der Waals surface area contributed by atoms with Gasteiger partial charge in [-0.05, 0) is 12.5 Å². The van der Waals surface area contributed by atoms with Crippen LogP contribution in [0.4, 0.5) is 0 Å². The molecule has 140 valence electrons. The fourth-order valence-corrected chi connectivity index (χ4v) is 3.22. The van der Waals surface area contributed by atoms with Crippen molar-refractivity contribution in [2.24, 2.45) is 5.29 Å². The van der Waals surface area contributed by atoms with Gasteiger partial charge in [-0.1, -0.05) is 12.2 Å². The third-order valence-corrected chi connectivity index (χ3v) is 4.63. The van der Waals surface area contributed by atoms with E-state index >= 15 is 0 Å². The minimum absolute atomic E-state index is 0.321. The first-order valence-corrected chi connectivity index (χ1v) is 8.10. The van der Waals surface area contributed by atoms with Gasteiger partial charge in [0.05, 0.1) is 23.8 Å². The number of carbonyl (C=O) groups is 1. The van der Waals surface area contributed by atoms with Crippen LogP contribution in [0, 0.1) is 4.91 Å². The number of ether oxygens (including phenoxy) is 1. The monoisotopic (exact) mass is 365 g/mol. The van der Waals surface area contributed by atoms with Crippen molar-refractivity contribution in [2.45, 2.75) is 43.1 Å². The Morgan fingerprint density at radius 1 is 1.27 bits per heavy atom. The van der Waals surface area contributed by atoms with E-state index in [-0.39, 0.29) is 6.04 Å². The van der Waals surface area contributed by atoms with Crippen molar-refractivity contribution in [3.8, 4) is 0 Å². The topological polar surface area (TPSA) is 147 Å². The fourth-order valence-electron chi connectivity index (χ4n) is 3.22. The molecule has 10 nitrogen and oxygen atoms in total. The second-order valence-corrected chi connectivity index (χ2v) is 6.25. The van der Waals surface area contributed by atoms with Gasteiger partial charge in [0, 0.05) is 11.6 Å². The number of aliphatic carboxylic acids is 1. The number of carbonyl (C=O) groups excluding carboxylic acids is 1. The lowest BCUT2D eigenvalue weighted by atomic mass is 9.97. The summed E-state index contributed by atoms with van der Waals surface area (Å²) in [7, 11) is 0. The zero-order valence-corrected chi connectivity index (χ0v) is 13.7. The van der Waals surface area contributed by atoms with Crippen LogP contribution in [0.15, 0.2) is 42.0 Å². The van der Waals surface area contributed by atoms with Gasteiger partial charge in [0.15, 0.2) is 18.5 Å². The smallest absolute Gasteiger partial charge is 0.292 e. The molecule has 0 bridgehead atoms. The third kappa shape index (κ3) is 3.31. The molecule has 3 rings (SSSR count).